The van der Waals surface area contributed by atoms with E-state index in [1.165, 1.54) is 0 Å². The molecule has 0 N–H and O–H groups in total. The maximum atomic E-state index is 12.3. The summed E-state index contributed by atoms with van der Waals surface area (Å²) >= 11 is 0. The van der Waals surface area contributed by atoms with Crippen LogP contribution in [0, 0.1) is 12.8 Å². The monoisotopic (exact) mass is 322 g/mol. The number of piperidine rings is 1. The third-order valence-corrected chi connectivity index (χ3v) is 4.18. The SMILES string of the molecule is CCOC(=O)C1CCN(CC(=O)N(C)Cc2ccc(C)o2)CC1. The molecule has 1 amide bonds. The topological polar surface area (TPSA) is 63.0 Å². The molecular formula is C17H26N2O4. The van der Waals surface area contributed by atoms with Crippen LogP contribution in [-0.2, 0) is 20.9 Å². The number of esters is 1. The Balaban J connectivity index is 1.74. The molecule has 1 fully saturated rings. The Labute approximate surface area is 137 Å². The Morgan fingerprint density at radius 3 is 2.61 bits per heavy atom. The average Bonchev–Trinajstić information content (AvgIpc) is 2.93. The number of amides is 1. The van der Waals surface area contributed by atoms with Gasteiger partial charge in [0.2, 0.25) is 5.91 Å². The van der Waals surface area contributed by atoms with Gasteiger partial charge in [-0.05, 0) is 51.9 Å². The Bertz CT molecular complexity index is 532. The number of rotatable bonds is 6. The smallest absolute Gasteiger partial charge is 0.309 e. The van der Waals surface area contributed by atoms with E-state index in [9.17, 15) is 9.59 Å². The van der Waals surface area contributed by atoms with Crippen molar-refractivity contribution in [1.29, 1.82) is 0 Å². The van der Waals surface area contributed by atoms with E-state index in [-0.39, 0.29) is 17.8 Å². The van der Waals surface area contributed by atoms with Crippen molar-refractivity contribution in [1.82, 2.24) is 9.80 Å². The van der Waals surface area contributed by atoms with Crippen LogP contribution in [0.3, 0.4) is 0 Å². The van der Waals surface area contributed by atoms with Gasteiger partial charge in [-0.3, -0.25) is 14.5 Å². The molecule has 1 aliphatic heterocycles. The number of hydrogen-bond donors (Lipinski definition) is 0. The average molecular weight is 322 g/mol. The number of carbonyl (C=O) groups excluding carboxylic acids is 2. The molecule has 0 atom stereocenters. The highest BCUT2D eigenvalue weighted by atomic mass is 16.5. The van der Waals surface area contributed by atoms with Gasteiger partial charge in [0.25, 0.3) is 0 Å². The standard InChI is InChI=1S/C17H26N2O4/c1-4-22-17(21)14-7-9-19(10-8-14)12-16(20)18(3)11-15-6-5-13(2)23-15/h5-6,14H,4,7-12H2,1-3H3. The van der Waals surface area contributed by atoms with Gasteiger partial charge in [-0.15, -0.1) is 0 Å². The number of furan rings is 1. The fourth-order valence-electron chi connectivity index (χ4n) is 2.79. The summed E-state index contributed by atoms with van der Waals surface area (Å²) in [5.74, 6) is 1.57. The first-order chi connectivity index (χ1) is 11.0. The van der Waals surface area contributed by atoms with Gasteiger partial charge in [0.1, 0.15) is 11.5 Å². The molecule has 0 saturated carbocycles. The highest BCUT2D eigenvalue weighted by molar-refractivity contribution is 5.78. The molecule has 128 valence electrons. The molecule has 23 heavy (non-hydrogen) atoms. The van der Waals surface area contributed by atoms with Crippen molar-refractivity contribution in [3.63, 3.8) is 0 Å². The second kappa shape index (κ2) is 8.15. The lowest BCUT2D eigenvalue weighted by atomic mass is 9.97. The van der Waals surface area contributed by atoms with Gasteiger partial charge in [-0.1, -0.05) is 0 Å². The molecule has 2 rings (SSSR count). The lowest BCUT2D eigenvalue weighted by molar-refractivity contribution is -0.149. The fraction of sp³-hybridized carbons (Fsp3) is 0.647. The highest BCUT2D eigenvalue weighted by Gasteiger charge is 2.27. The number of hydrogen-bond acceptors (Lipinski definition) is 5. The second-order valence-corrected chi connectivity index (χ2v) is 6.06. The van der Waals surface area contributed by atoms with E-state index in [2.05, 4.69) is 4.90 Å². The van der Waals surface area contributed by atoms with E-state index in [1.807, 2.05) is 26.0 Å². The van der Waals surface area contributed by atoms with E-state index in [4.69, 9.17) is 9.15 Å². The first-order valence-corrected chi connectivity index (χ1v) is 8.18. The number of ether oxygens (including phenoxy) is 1. The van der Waals surface area contributed by atoms with E-state index < -0.39 is 0 Å². The van der Waals surface area contributed by atoms with Crippen LogP contribution in [0.2, 0.25) is 0 Å². The summed E-state index contributed by atoms with van der Waals surface area (Å²) in [6, 6.07) is 3.79. The molecule has 0 radical (unpaired) electrons. The summed E-state index contributed by atoms with van der Waals surface area (Å²) in [4.78, 5) is 27.8. The molecular weight excluding hydrogens is 296 g/mol. The van der Waals surface area contributed by atoms with Crippen LogP contribution in [-0.4, -0.2) is 55.0 Å². The maximum absolute atomic E-state index is 12.3. The summed E-state index contributed by atoms with van der Waals surface area (Å²) in [6.45, 7) is 6.50. The zero-order valence-corrected chi connectivity index (χ0v) is 14.2. The number of likely N-dealkylation sites (tertiary alicyclic amines) is 1. The van der Waals surface area contributed by atoms with Crippen LogP contribution in [0.1, 0.15) is 31.3 Å². The zero-order chi connectivity index (χ0) is 16.8. The predicted molar refractivity (Wildman–Crippen MR) is 85.7 cm³/mol. The summed E-state index contributed by atoms with van der Waals surface area (Å²) in [7, 11) is 1.78. The Kier molecular flexibility index (Phi) is 6.21. The minimum atomic E-state index is -0.108. The van der Waals surface area contributed by atoms with Crippen molar-refractivity contribution >= 4 is 11.9 Å². The first kappa shape index (κ1) is 17.5. The highest BCUT2D eigenvalue weighted by Crippen LogP contribution is 2.18. The van der Waals surface area contributed by atoms with Crippen molar-refractivity contribution in [2.24, 2.45) is 5.92 Å². The maximum Gasteiger partial charge on any atom is 0.309 e. The van der Waals surface area contributed by atoms with Gasteiger partial charge < -0.3 is 14.1 Å². The number of carbonyl (C=O) groups is 2. The molecule has 0 unspecified atom stereocenters. The van der Waals surface area contributed by atoms with Gasteiger partial charge in [-0.2, -0.15) is 0 Å². The molecule has 0 aliphatic carbocycles. The Morgan fingerprint density at radius 1 is 1.35 bits per heavy atom. The first-order valence-electron chi connectivity index (χ1n) is 8.18. The molecule has 6 nitrogen and oxygen atoms in total. The minimum absolute atomic E-state index is 0.0230. The third kappa shape index (κ3) is 5.10. The fourth-order valence-corrected chi connectivity index (χ4v) is 2.79. The molecule has 6 heteroatoms. The summed E-state index contributed by atoms with van der Waals surface area (Å²) in [6.07, 6.45) is 1.51. The quantitative estimate of drug-likeness (QED) is 0.748. The van der Waals surface area contributed by atoms with E-state index in [0.717, 1.165) is 37.5 Å². The van der Waals surface area contributed by atoms with Gasteiger partial charge in [0.05, 0.1) is 25.6 Å². The molecule has 1 saturated heterocycles. The molecule has 2 heterocycles. The minimum Gasteiger partial charge on any atom is -0.466 e. The van der Waals surface area contributed by atoms with Crippen LogP contribution in [0.5, 0.6) is 0 Å². The van der Waals surface area contributed by atoms with Crippen LogP contribution < -0.4 is 0 Å². The summed E-state index contributed by atoms with van der Waals surface area (Å²) < 4.78 is 10.6. The molecule has 0 spiro atoms. The zero-order valence-electron chi connectivity index (χ0n) is 14.2. The Hall–Kier alpha value is -1.82. The summed E-state index contributed by atoms with van der Waals surface area (Å²) in [5.41, 5.74) is 0. The lowest BCUT2D eigenvalue weighted by Gasteiger charge is -2.31. The van der Waals surface area contributed by atoms with E-state index >= 15 is 0 Å². The predicted octanol–water partition coefficient (Wildman–Crippen LogP) is 1.82. The van der Waals surface area contributed by atoms with Crippen molar-refractivity contribution in [3.8, 4) is 0 Å². The van der Waals surface area contributed by atoms with Gasteiger partial charge >= 0.3 is 5.97 Å². The number of aryl methyl sites for hydroxylation is 1. The molecule has 1 aliphatic rings. The van der Waals surface area contributed by atoms with Crippen molar-refractivity contribution in [2.75, 3.05) is 33.3 Å². The number of likely N-dealkylation sites (N-methyl/N-ethyl adjacent to an activating group) is 1. The summed E-state index contributed by atoms with van der Waals surface area (Å²) in [5, 5.41) is 0. The van der Waals surface area contributed by atoms with E-state index in [1.54, 1.807) is 11.9 Å². The second-order valence-electron chi connectivity index (χ2n) is 6.06. The normalized spacial score (nSPS) is 16.3. The van der Waals surface area contributed by atoms with Gasteiger partial charge in [0, 0.05) is 7.05 Å². The van der Waals surface area contributed by atoms with Gasteiger partial charge in [0.15, 0.2) is 0 Å². The van der Waals surface area contributed by atoms with Crippen LogP contribution in [0.25, 0.3) is 0 Å². The molecule has 0 bridgehead atoms. The van der Waals surface area contributed by atoms with Crippen molar-refractivity contribution in [2.45, 2.75) is 33.2 Å². The largest absolute Gasteiger partial charge is 0.466 e. The van der Waals surface area contributed by atoms with Crippen molar-refractivity contribution < 1.29 is 18.7 Å². The Morgan fingerprint density at radius 2 is 2.04 bits per heavy atom. The molecule has 1 aromatic rings. The van der Waals surface area contributed by atoms with E-state index in [0.29, 0.717) is 19.7 Å². The lowest BCUT2D eigenvalue weighted by Crippen LogP contribution is -2.43. The third-order valence-electron chi connectivity index (χ3n) is 4.18. The van der Waals surface area contributed by atoms with Crippen LogP contribution in [0.15, 0.2) is 16.5 Å². The molecule has 1 aromatic heterocycles. The van der Waals surface area contributed by atoms with Crippen molar-refractivity contribution in [3.05, 3.63) is 23.7 Å². The molecule has 0 aromatic carbocycles. The van der Waals surface area contributed by atoms with Gasteiger partial charge in [-0.25, -0.2) is 0 Å². The van der Waals surface area contributed by atoms with Crippen LogP contribution in [0.4, 0.5) is 0 Å². The van der Waals surface area contributed by atoms with Crippen LogP contribution >= 0.6 is 0 Å². The number of nitrogens with zero attached hydrogens (tertiary/aromatic N) is 2.